The fraction of sp³-hybridized carbons (Fsp3) is 0.500. The molecule has 22 heavy (non-hydrogen) atoms. The van der Waals surface area contributed by atoms with E-state index in [0.717, 1.165) is 18.2 Å². The first-order valence-corrected chi connectivity index (χ1v) is 9.01. The number of anilines is 1. The van der Waals surface area contributed by atoms with E-state index in [9.17, 15) is 0 Å². The van der Waals surface area contributed by atoms with Crippen molar-refractivity contribution >= 4 is 16.5 Å². The Balaban J connectivity index is 1.66. The summed E-state index contributed by atoms with van der Waals surface area (Å²) in [5.74, 6) is 0. The first-order valence-electron chi connectivity index (χ1n) is 8.19. The third-order valence-electron chi connectivity index (χ3n) is 4.48. The molecule has 1 atom stereocenters. The minimum Gasteiger partial charge on any atom is -0.357 e. The van der Waals surface area contributed by atoms with Gasteiger partial charge in [-0.15, -0.1) is 11.3 Å². The molecule has 2 heterocycles. The molecule has 4 heteroatoms. The van der Waals surface area contributed by atoms with Crippen LogP contribution in [-0.2, 0) is 13.1 Å². The molecule has 1 fully saturated rings. The van der Waals surface area contributed by atoms with Crippen molar-refractivity contribution in [2.24, 2.45) is 0 Å². The highest BCUT2D eigenvalue weighted by atomic mass is 32.1. The van der Waals surface area contributed by atoms with Crippen molar-refractivity contribution in [1.82, 2.24) is 9.88 Å². The predicted molar refractivity (Wildman–Crippen MR) is 94.3 cm³/mol. The Morgan fingerprint density at radius 2 is 2.09 bits per heavy atom. The fourth-order valence-electron chi connectivity index (χ4n) is 3.10. The number of nitrogens with one attached hydrogen (secondary N) is 1. The Hall–Kier alpha value is -1.39. The summed E-state index contributed by atoms with van der Waals surface area (Å²) in [6.45, 7) is 7.60. The number of hydrogen-bond acceptors (Lipinski definition) is 4. The summed E-state index contributed by atoms with van der Waals surface area (Å²) >= 11 is 1.72. The molecule has 3 nitrogen and oxygen atoms in total. The van der Waals surface area contributed by atoms with Crippen LogP contribution < -0.4 is 5.32 Å². The average molecular weight is 315 g/mol. The number of aromatic nitrogens is 1. The Kier molecular flexibility index (Phi) is 5.11. The van der Waals surface area contributed by atoms with Gasteiger partial charge in [0.1, 0.15) is 0 Å². The van der Waals surface area contributed by atoms with Crippen LogP contribution in [-0.4, -0.2) is 22.5 Å². The highest BCUT2D eigenvalue weighted by Crippen LogP contribution is 2.22. The molecular formula is C18H25N3S. The maximum absolute atomic E-state index is 4.39. The van der Waals surface area contributed by atoms with Gasteiger partial charge in [0.2, 0.25) is 0 Å². The fourth-order valence-corrected chi connectivity index (χ4v) is 3.76. The van der Waals surface area contributed by atoms with Crippen molar-refractivity contribution in [3.05, 3.63) is 46.5 Å². The van der Waals surface area contributed by atoms with E-state index in [2.05, 4.69) is 53.3 Å². The van der Waals surface area contributed by atoms with E-state index in [1.807, 2.05) is 6.20 Å². The number of aryl methyl sites for hydroxylation is 1. The largest absolute Gasteiger partial charge is 0.357 e. The lowest BCUT2D eigenvalue weighted by atomic mass is 10.0. The van der Waals surface area contributed by atoms with E-state index in [1.54, 1.807) is 11.3 Å². The van der Waals surface area contributed by atoms with Gasteiger partial charge in [-0.05, 0) is 44.4 Å². The number of nitrogens with zero attached hydrogens (tertiary/aromatic N) is 2. The molecule has 1 saturated heterocycles. The van der Waals surface area contributed by atoms with Crippen LogP contribution in [0.3, 0.4) is 0 Å². The lowest BCUT2D eigenvalue weighted by molar-refractivity contribution is 0.152. The van der Waals surface area contributed by atoms with Crippen LogP contribution in [0.4, 0.5) is 5.13 Å². The maximum Gasteiger partial charge on any atom is 0.183 e. The van der Waals surface area contributed by atoms with E-state index >= 15 is 0 Å². The molecular weight excluding hydrogens is 290 g/mol. The van der Waals surface area contributed by atoms with Crippen LogP contribution in [0.2, 0.25) is 0 Å². The molecule has 1 unspecified atom stereocenters. The highest BCUT2D eigenvalue weighted by Gasteiger charge is 2.19. The van der Waals surface area contributed by atoms with Crippen LogP contribution >= 0.6 is 11.3 Å². The molecule has 3 rings (SSSR count). The van der Waals surface area contributed by atoms with Gasteiger partial charge >= 0.3 is 0 Å². The highest BCUT2D eigenvalue weighted by molar-refractivity contribution is 7.15. The summed E-state index contributed by atoms with van der Waals surface area (Å²) in [6.07, 6.45) is 5.97. The molecule has 0 spiro atoms. The van der Waals surface area contributed by atoms with Crippen LogP contribution in [0.5, 0.6) is 0 Å². The predicted octanol–water partition coefficient (Wildman–Crippen LogP) is 4.44. The average Bonchev–Trinajstić information content (AvgIpc) is 2.94. The van der Waals surface area contributed by atoms with Gasteiger partial charge in [0.25, 0.3) is 0 Å². The summed E-state index contributed by atoms with van der Waals surface area (Å²) in [7, 11) is 0. The zero-order valence-corrected chi connectivity index (χ0v) is 14.3. The number of piperidine rings is 1. The lowest BCUT2D eigenvalue weighted by Gasteiger charge is -2.33. The Morgan fingerprint density at radius 3 is 2.82 bits per heavy atom. The second-order valence-corrected chi connectivity index (χ2v) is 7.45. The van der Waals surface area contributed by atoms with Crippen molar-refractivity contribution in [3.8, 4) is 0 Å². The first kappa shape index (κ1) is 15.5. The van der Waals surface area contributed by atoms with Crippen LogP contribution in [0, 0.1) is 6.92 Å². The van der Waals surface area contributed by atoms with Gasteiger partial charge in [-0.1, -0.05) is 30.7 Å². The van der Waals surface area contributed by atoms with E-state index in [-0.39, 0.29) is 0 Å². The molecule has 0 amide bonds. The molecule has 118 valence electrons. The SMILES string of the molecule is Cc1cnc(NCc2ccccc2CN2CCCCC2C)s1. The number of likely N-dealkylation sites (tertiary alicyclic amines) is 1. The second-order valence-electron chi connectivity index (χ2n) is 6.21. The maximum atomic E-state index is 4.39. The normalized spacial score (nSPS) is 19.3. The zero-order chi connectivity index (χ0) is 15.4. The van der Waals surface area contributed by atoms with Gasteiger partial charge in [0.05, 0.1) is 0 Å². The molecule has 0 radical (unpaired) electrons. The summed E-state index contributed by atoms with van der Waals surface area (Å²) < 4.78 is 0. The molecule has 0 aliphatic carbocycles. The number of benzene rings is 1. The molecule has 0 saturated carbocycles. The first-order chi connectivity index (χ1) is 10.7. The van der Waals surface area contributed by atoms with Crippen molar-refractivity contribution < 1.29 is 0 Å². The van der Waals surface area contributed by atoms with E-state index in [1.165, 1.54) is 41.8 Å². The Morgan fingerprint density at radius 1 is 1.27 bits per heavy atom. The third-order valence-corrected chi connectivity index (χ3v) is 5.35. The summed E-state index contributed by atoms with van der Waals surface area (Å²) in [5.41, 5.74) is 2.82. The lowest BCUT2D eigenvalue weighted by Crippen LogP contribution is -2.37. The van der Waals surface area contributed by atoms with Crippen molar-refractivity contribution in [2.75, 3.05) is 11.9 Å². The Bertz CT molecular complexity index is 608. The summed E-state index contributed by atoms with van der Waals surface area (Å²) in [5, 5.41) is 4.47. The van der Waals surface area contributed by atoms with E-state index < -0.39 is 0 Å². The van der Waals surface area contributed by atoms with Crippen molar-refractivity contribution in [3.63, 3.8) is 0 Å². The van der Waals surface area contributed by atoms with Crippen molar-refractivity contribution in [2.45, 2.75) is 52.2 Å². The number of hydrogen-bond donors (Lipinski definition) is 1. The monoisotopic (exact) mass is 315 g/mol. The van der Waals surface area contributed by atoms with Crippen LogP contribution in [0.1, 0.15) is 42.2 Å². The number of thiazole rings is 1. The minimum absolute atomic E-state index is 0.705. The van der Waals surface area contributed by atoms with E-state index in [0.29, 0.717) is 6.04 Å². The van der Waals surface area contributed by atoms with Crippen molar-refractivity contribution in [1.29, 1.82) is 0 Å². The van der Waals surface area contributed by atoms with Gasteiger partial charge in [0, 0.05) is 30.2 Å². The Labute approximate surface area is 137 Å². The van der Waals surface area contributed by atoms with Gasteiger partial charge < -0.3 is 5.32 Å². The molecule has 1 aliphatic rings. The standard InChI is InChI=1S/C18H25N3S/c1-14-7-5-6-10-21(14)13-17-9-4-3-8-16(17)12-20-18-19-11-15(2)22-18/h3-4,8-9,11,14H,5-7,10,12-13H2,1-2H3,(H,19,20). The van der Waals surface area contributed by atoms with Gasteiger partial charge in [-0.25, -0.2) is 4.98 Å². The van der Waals surface area contributed by atoms with E-state index in [4.69, 9.17) is 0 Å². The third kappa shape index (κ3) is 3.87. The molecule has 2 aromatic rings. The number of rotatable bonds is 5. The molecule has 1 aromatic heterocycles. The molecule has 1 N–H and O–H groups in total. The zero-order valence-electron chi connectivity index (χ0n) is 13.5. The van der Waals surface area contributed by atoms with Gasteiger partial charge in [0.15, 0.2) is 5.13 Å². The topological polar surface area (TPSA) is 28.2 Å². The van der Waals surface area contributed by atoms with Crippen LogP contribution in [0.25, 0.3) is 0 Å². The van der Waals surface area contributed by atoms with Gasteiger partial charge in [-0.2, -0.15) is 0 Å². The molecule has 1 aliphatic heterocycles. The van der Waals surface area contributed by atoms with Crippen LogP contribution in [0.15, 0.2) is 30.5 Å². The summed E-state index contributed by atoms with van der Waals surface area (Å²) in [4.78, 5) is 8.25. The quantitative estimate of drug-likeness (QED) is 0.884. The molecule has 0 bridgehead atoms. The minimum atomic E-state index is 0.705. The van der Waals surface area contributed by atoms with Gasteiger partial charge in [-0.3, -0.25) is 4.90 Å². The summed E-state index contributed by atoms with van der Waals surface area (Å²) in [6, 6.07) is 9.49. The smallest absolute Gasteiger partial charge is 0.183 e. The molecule has 1 aromatic carbocycles. The second kappa shape index (κ2) is 7.25.